The summed E-state index contributed by atoms with van der Waals surface area (Å²) in [5, 5.41) is 25.5. The van der Waals surface area contributed by atoms with Crippen LogP contribution < -0.4 is 27.4 Å². The van der Waals surface area contributed by atoms with Crippen molar-refractivity contribution in [3.63, 3.8) is 0 Å². The number of carbonyl (C=O) groups excluding carboxylic acids is 4. The summed E-state index contributed by atoms with van der Waals surface area (Å²) in [7, 11) is 0. The van der Waals surface area contributed by atoms with Crippen LogP contribution in [0.4, 0.5) is 0 Å². The van der Waals surface area contributed by atoms with Gasteiger partial charge in [0.15, 0.2) is 0 Å². The molecule has 0 aromatic carbocycles. The number of aliphatic hydroxyl groups is 1. The van der Waals surface area contributed by atoms with E-state index in [4.69, 9.17) is 16.6 Å². The molecule has 0 aliphatic heterocycles. The number of hydrogen-bond donors (Lipinski definition) is 7. The second kappa shape index (κ2) is 14.6. The molecule has 13 heteroatoms. The van der Waals surface area contributed by atoms with Gasteiger partial charge >= 0.3 is 5.97 Å². The Morgan fingerprint density at radius 3 is 1.90 bits per heavy atom. The van der Waals surface area contributed by atoms with E-state index in [1.54, 1.807) is 20.1 Å². The maximum atomic E-state index is 12.7. The molecule has 0 rings (SSSR count). The van der Waals surface area contributed by atoms with Crippen molar-refractivity contribution in [3.8, 4) is 0 Å². The van der Waals surface area contributed by atoms with E-state index in [1.807, 2.05) is 0 Å². The third-order valence-electron chi connectivity index (χ3n) is 4.32. The van der Waals surface area contributed by atoms with E-state index >= 15 is 0 Å². The van der Waals surface area contributed by atoms with Crippen molar-refractivity contribution in [3.05, 3.63) is 0 Å². The van der Waals surface area contributed by atoms with Gasteiger partial charge in [-0.05, 0) is 30.8 Å². The molecule has 0 bridgehead atoms. The molecule has 0 radical (unpaired) electrons. The van der Waals surface area contributed by atoms with Crippen molar-refractivity contribution >= 4 is 41.4 Å². The van der Waals surface area contributed by atoms with Crippen LogP contribution in [-0.4, -0.2) is 82.6 Å². The van der Waals surface area contributed by atoms with Crippen LogP contribution in [0.5, 0.6) is 0 Å². The van der Waals surface area contributed by atoms with Crippen LogP contribution in [0.3, 0.4) is 0 Å². The van der Waals surface area contributed by atoms with Crippen LogP contribution in [0.15, 0.2) is 0 Å². The second-order valence-electron chi connectivity index (χ2n) is 7.27. The molecule has 0 spiro atoms. The Morgan fingerprint density at radius 2 is 1.45 bits per heavy atom. The molecular weight excluding hydrogens is 430 g/mol. The Balaban J connectivity index is 5.45. The molecule has 0 aliphatic carbocycles. The first-order valence-electron chi connectivity index (χ1n) is 9.72. The summed E-state index contributed by atoms with van der Waals surface area (Å²) >= 11 is 1.42. The molecule has 12 nitrogen and oxygen atoms in total. The lowest BCUT2D eigenvalue weighted by Gasteiger charge is -2.25. The monoisotopic (exact) mass is 463 g/mol. The first-order valence-corrected chi connectivity index (χ1v) is 11.1. The van der Waals surface area contributed by atoms with Crippen molar-refractivity contribution in [2.24, 2.45) is 17.4 Å². The van der Waals surface area contributed by atoms with Gasteiger partial charge < -0.3 is 37.6 Å². The molecule has 0 heterocycles. The second-order valence-corrected chi connectivity index (χ2v) is 8.25. The third-order valence-corrected chi connectivity index (χ3v) is 4.96. The molecule has 178 valence electrons. The van der Waals surface area contributed by atoms with Gasteiger partial charge in [-0.3, -0.25) is 19.2 Å². The lowest BCUT2D eigenvalue weighted by molar-refractivity contribution is -0.143. The van der Waals surface area contributed by atoms with Crippen molar-refractivity contribution in [2.45, 2.75) is 57.3 Å². The lowest BCUT2D eigenvalue weighted by Crippen LogP contribution is -2.58. The van der Waals surface area contributed by atoms with E-state index in [1.165, 1.54) is 11.8 Å². The minimum atomic E-state index is -1.28. The Labute approximate surface area is 185 Å². The average molecular weight is 464 g/mol. The maximum absolute atomic E-state index is 12.7. The average Bonchev–Trinajstić information content (AvgIpc) is 2.70. The minimum Gasteiger partial charge on any atom is -0.480 e. The van der Waals surface area contributed by atoms with Gasteiger partial charge in [0.2, 0.25) is 23.6 Å². The standard InChI is InChI=1S/C18H33N5O7S/c1-9(2)14(18(29)30)23-17(28)12(6-7-31-3)22-16(27)11(4-5-13(20)25)21-15(26)10(19)8-24/h9-12,14,24H,4-8,19H2,1-3H3,(H2,20,25)(H,21,26)(H,22,27)(H,23,28)(H,29,30). The summed E-state index contributed by atoms with van der Waals surface area (Å²) in [6.07, 6.45) is 1.64. The molecule has 31 heavy (non-hydrogen) atoms. The van der Waals surface area contributed by atoms with Crippen LogP contribution in [0.25, 0.3) is 0 Å². The fourth-order valence-corrected chi connectivity index (χ4v) is 2.93. The number of carboxylic acids is 1. The summed E-state index contributed by atoms with van der Waals surface area (Å²) in [5.41, 5.74) is 10.6. The first-order chi connectivity index (χ1) is 14.4. The third kappa shape index (κ3) is 11.0. The SMILES string of the molecule is CSCCC(NC(=O)C(CCC(N)=O)NC(=O)C(N)CO)C(=O)NC(C(=O)O)C(C)C. The highest BCUT2D eigenvalue weighted by molar-refractivity contribution is 7.98. The number of thioether (sulfide) groups is 1. The molecule has 4 amide bonds. The molecule has 4 unspecified atom stereocenters. The zero-order valence-corrected chi connectivity index (χ0v) is 18.7. The van der Waals surface area contributed by atoms with Gasteiger partial charge in [0.25, 0.3) is 0 Å². The fraction of sp³-hybridized carbons (Fsp3) is 0.722. The first kappa shape index (κ1) is 28.6. The Morgan fingerprint density at radius 1 is 0.935 bits per heavy atom. The Hall–Kier alpha value is -2.38. The maximum Gasteiger partial charge on any atom is 0.326 e. The van der Waals surface area contributed by atoms with Gasteiger partial charge in [0.1, 0.15) is 24.2 Å². The highest BCUT2D eigenvalue weighted by Gasteiger charge is 2.31. The number of primary amides is 1. The number of nitrogens with one attached hydrogen (secondary N) is 3. The van der Waals surface area contributed by atoms with Crippen LogP contribution in [0.1, 0.15) is 33.1 Å². The van der Waals surface area contributed by atoms with Crippen molar-refractivity contribution < 1.29 is 34.2 Å². The quantitative estimate of drug-likeness (QED) is 0.137. The Kier molecular flexibility index (Phi) is 13.5. The van der Waals surface area contributed by atoms with Gasteiger partial charge in [-0.2, -0.15) is 11.8 Å². The molecule has 0 saturated heterocycles. The van der Waals surface area contributed by atoms with Crippen molar-refractivity contribution in [1.82, 2.24) is 16.0 Å². The largest absolute Gasteiger partial charge is 0.480 e. The molecule has 4 atom stereocenters. The van der Waals surface area contributed by atoms with E-state index in [2.05, 4.69) is 16.0 Å². The van der Waals surface area contributed by atoms with Gasteiger partial charge in [0.05, 0.1) is 6.61 Å². The molecule has 0 saturated carbocycles. The number of carboxylic acid groups (broad SMARTS) is 1. The predicted octanol–water partition coefficient (Wildman–Crippen LogP) is -2.48. The zero-order valence-electron chi connectivity index (χ0n) is 17.9. The smallest absolute Gasteiger partial charge is 0.326 e. The fourth-order valence-electron chi connectivity index (χ4n) is 2.46. The summed E-state index contributed by atoms with van der Waals surface area (Å²) in [4.78, 5) is 59.9. The van der Waals surface area contributed by atoms with E-state index in [0.717, 1.165) is 0 Å². The molecule has 0 aliphatic rings. The van der Waals surface area contributed by atoms with Crippen LogP contribution in [0, 0.1) is 5.92 Å². The van der Waals surface area contributed by atoms with Crippen LogP contribution in [-0.2, 0) is 24.0 Å². The van der Waals surface area contributed by atoms with Crippen molar-refractivity contribution in [2.75, 3.05) is 18.6 Å². The molecule has 0 aromatic rings. The van der Waals surface area contributed by atoms with E-state index in [9.17, 15) is 29.1 Å². The normalized spacial score (nSPS) is 14.8. The molecule has 0 fully saturated rings. The van der Waals surface area contributed by atoms with Gasteiger partial charge in [0, 0.05) is 6.42 Å². The molecular formula is C18H33N5O7S. The molecule has 0 aromatic heterocycles. The number of rotatable bonds is 15. The zero-order chi connectivity index (χ0) is 24.1. The van der Waals surface area contributed by atoms with E-state index < -0.39 is 60.4 Å². The van der Waals surface area contributed by atoms with E-state index in [-0.39, 0.29) is 25.2 Å². The predicted molar refractivity (Wildman–Crippen MR) is 115 cm³/mol. The van der Waals surface area contributed by atoms with E-state index in [0.29, 0.717) is 5.75 Å². The number of amides is 4. The van der Waals surface area contributed by atoms with Gasteiger partial charge in [-0.1, -0.05) is 13.8 Å². The summed E-state index contributed by atoms with van der Waals surface area (Å²) in [6.45, 7) is 2.61. The summed E-state index contributed by atoms with van der Waals surface area (Å²) in [6, 6.07) is -4.72. The van der Waals surface area contributed by atoms with Gasteiger partial charge in [-0.15, -0.1) is 0 Å². The van der Waals surface area contributed by atoms with Gasteiger partial charge in [-0.25, -0.2) is 4.79 Å². The number of aliphatic carboxylic acids is 1. The highest BCUT2D eigenvalue weighted by atomic mass is 32.2. The molecule has 9 N–H and O–H groups in total. The topological polar surface area (TPSA) is 214 Å². The van der Waals surface area contributed by atoms with Crippen LogP contribution >= 0.6 is 11.8 Å². The van der Waals surface area contributed by atoms with Crippen LogP contribution in [0.2, 0.25) is 0 Å². The number of carbonyl (C=O) groups is 5. The highest BCUT2D eigenvalue weighted by Crippen LogP contribution is 2.07. The summed E-state index contributed by atoms with van der Waals surface area (Å²) < 4.78 is 0. The number of hydrogen-bond acceptors (Lipinski definition) is 8. The van der Waals surface area contributed by atoms with Crippen molar-refractivity contribution in [1.29, 1.82) is 0 Å². The number of nitrogens with two attached hydrogens (primary N) is 2. The lowest BCUT2D eigenvalue weighted by atomic mass is 10.0. The summed E-state index contributed by atoms with van der Waals surface area (Å²) in [5.74, 6) is -4.07. The minimum absolute atomic E-state index is 0.147. The Bertz CT molecular complexity index is 647. The number of aliphatic hydroxyl groups excluding tert-OH is 1.